The molecular formula is C53H53N3. The minimum absolute atomic E-state index is 0.271. The molecule has 0 spiro atoms. The molecule has 3 heteroatoms. The van der Waals surface area contributed by atoms with Gasteiger partial charge < -0.3 is 14.9 Å². The maximum atomic E-state index is 6.36. The van der Waals surface area contributed by atoms with Crippen molar-refractivity contribution < 1.29 is 0 Å². The first-order valence-corrected chi connectivity index (χ1v) is 19.5. The van der Waals surface area contributed by atoms with Crippen LogP contribution in [0.5, 0.6) is 0 Å². The van der Waals surface area contributed by atoms with Gasteiger partial charge in [0.05, 0.1) is 11.2 Å². The Morgan fingerprint density at radius 1 is 0.714 bits per heavy atom. The van der Waals surface area contributed by atoms with Crippen molar-refractivity contribution in [3.8, 4) is 11.1 Å². The number of nitrogens with zero attached hydrogens (tertiary/aromatic N) is 2. The van der Waals surface area contributed by atoms with E-state index in [1.807, 2.05) is 79.8 Å². The molecule has 2 aliphatic rings. The van der Waals surface area contributed by atoms with Crippen molar-refractivity contribution in [1.29, 1.82) is 0 Å². The van der Waals surface area contributed by atoms with E-state index < -0.39 is 0 Å². The summed E-state index contributed by atoms with van der Waals surface area (Å²) in [7, 11) is 0. The van der Waals surface area contributed by atoms with E-state index in [1.54, 1.807) is 0 Å². The summed E-state index contributed by atoms with van der Waals surface area (Å²) < 4.78 is 4.85. The van der Waals surface area contributed by atoms with Gasteiger partial charge in [0.1, 0.15) is 0 Å². The number of aromatic nitrogens is 2. The summed E-state index contributed by atoms with van der Waals surface area (Å²) in [6, 6.07) is 13.9. The molecule has 0 aliphatic heterocycles. The van der Waals surface area contributed by atoms with Crippen molar-refractivity contribution in [3.63, 3.8) is 0 Å². The van der Waals surface area contributed by atoms with E-state index >= 15 is 0 Å². The second-order valence-corrected chi connectivity index (χ2v) is 14.0. The lowest BCUT2D eigenvalue weighted by molar-refractivity contribution is 0.604. The van der Waals surface area contributed by atoms with Crippen molar-refractivity contribution in [2.24, 2.45) is 11.7 Å². The summed E-state index contributed by atoms with van der Waals surface area (Å²) in [5, 5.41) is 2.46. The molecule has 1 unspecified atom stereocenters. The molecular weight excluding hydrogens is 679 g/mol. The highest BCUT2D eigenvalue weighted by Gasteiger charge is 2.22. The predicted molar refractivity (Wildman–Crippen MR) is 248 cm³/mol. The van der Waals surface area contributed by atoms with Gasteiger partial charge in [-0.25, -0.2) is 0 Å². The lowest BCUT2D eigenvalue weighted by atomic mass is 9.95. The fourth-order valence-electron chi connectivity index (χ4n) is 7.47. The quantitative estimate of drug-likeness (QED) is 0.114. The molecule has 0 bridgehead atoms. The van der Waals surface area contributed by atoms with Gasteiger partial charge in [0, 0.05) is 57.0 Å². The van der Waals surface area contributed by atoms with Crippen molar-refractivity contribution in [2.75, 3.05) is 0 Å². The largest absolute Gasteiger partial charge is 0.399 e. The maximum Gasteiger partial charge on any atom is 0.0541 e. The standard InChI is InChI=1S/C53H53N3/c1-6-10-12-19-24-41(22-8-3)39-55-50-33-28-40(5)36-47(50)49-38-42(29-34-51(49)55)43-30-35-53-48(37-43)46-26-20-17-15-13-14-16-18-21-27-52(46)56(53)45(23-9-4)32-31-44(54)25-11-7-2/h6-27,29-32,34-38,41H,1,4,28,33,39,54H2,2-3,5H3/b11-7-,12-10-,14-13-,15-13?,16-14?,17-15+,18-16-,20-17?,21-18?,22-8-,24-19-,26-20+,27-21-,32-31-,44-25-,45-23+,46-26?,52-27?. The van der Waals surface area contributed by atoms with E-state index in [4.69, 9.17) is 5.73 Å². The van der Waals surface area contributed by atoms with Gasteiger partial charge in [-0.3, -0.25) is 0 Å². The van der Waals surface area contributed by atoms with Gasteiger partial charge in [-0.2, -0.15) is 0 Å². The Morgan fingerprint density at radius 3 is 2.11 bits per heavy atom. The molecule has 2 aliphatic carbocycles. The van der Waals surface area contributed by atoms with Crippen LogP contribution in [0.2, 0.25) is 0 Å². The molecule has 56 heavy (non-hydrogen) atoms. The fourth-order valence-corrected chi connectivity index (χ4v) is 7.47. The predicted octanol–water partition coefficient (Wildman–Crippen LogP) is 13.8. The molecule has 2 aromatic carbocycles. The minimum atomic E-state index is 0.271. The smallest absolute Gasteiger partial charge is 0.0541 e. The van der Waals surface area contributed by atoms with Gasteiger partial charge in [0.25, 0.3) is 0 Å². The topological polar surface area (TPSA) is 35.9 Å². The summed E-state index contributed by atoms with van der Waals surface area (Å²) in [6.07, 6.45) is 53.8. The van der Waals surface area contributed by atoms with Gasteiger partial charge >= 0.3 is 0 Å². The van der Waals surface area contributed by atoms with Crippen LogP contribution in [-0.4, -0.2) is 9.13 Å². The average Bonchev–Trinajstić information content (AvgIpc) is 3.67. The second-order valence-electron chi connectivity index (χ2n) is 14.0. The molecule has 2 aromatic heterocycles. The minimum Gasteiger partial charge on any atom is -0.399 e. The van der Waals surface area contributed by atoms with Crippen molar-refractivity contribution in [3.05, 3.63) is 217 Å². The second kappa shape index (κ2) is 19.1. The Kier molecular flexibility index (Phi) is 13.4. The van der Waals surface area contributed by atoms with E-state index in [2.05, 4.69) is 152 Å². The average molecular weight is 732 g/mol. The molecule has 0 saturated carbocycles. The van der Waals surface area contributed by atoms with Crippen molar-refractivity contribution >= 4 is 45.7 Å². The van der Waals surface area contributed by atoms with E-state index in [0.29, 0.717) is 5.70 Å². The molecule has 1 atom stereocenters. The van der Waals surface area contributed by atoms with Crippen LogP contribution in [0.3, 0.4) is 0 Å². The van der Waals surface area contributed by atoms with Crippen LogP contribution in [0.4, 0.5) is 0 Å². The van der Waals surface area contributed by atoms with Gasteiger partial charge in [0.2, 0.25) is 0 Å². The molecule has 0 fully saturated rings. The number of nitrogens with two attached hydrogens (primary N) is 1. The number of benzene rings is 2. The highest BCUT2D eigenvalue weighted by molar-refractivity contribution is 6.01. The van der Waals surface area contributed by atoms with E-state index in [0.717, 1.165) is 47.2 Å². The Balaban J connectivity index is 1.53. The van der Waals surface area contributed by atoms with Crippen LogP contribution in [-0.2, 0) is 13.0 Å². The zero-order valence-electron chi connectivity index (χ0n) is 33.0. The van der Waals surface area contributed by atoms with Crippen LogP contribution in [0.1, 0.15) is 49.7 Å². The van der Waals surface area contributed by atoms with E-state index in [-0.39, 0.29) is 5.92 Å². The maximum absolute atomic E-state index is 6.36. The number of hydrogen-bond donors (Lipinski definition) is 1. The molecule has 3 nitrogen and oxygen atoms in total. The third kappa shape index (κ3) is 9.02. The van der Waals surface area contributed by atoms with E-state index in [9.17, 15) is 0 Å². The summed E-state index contributed by atoms with van der Waals surface area (Å²) in [5.41, 5.74) is 19.1. The monoisotopic (exact) mass is 731 g/mol. The summed E-state index contributed by atoms with van der Waals surface area (Å²) in [5.74, 6) is 0.271. The Hall–Kier alpha value is -6.58. The Labute approximate surface area is 333 Å². The van der Waals surface area contributed by atoms with Crippen LogP contribution in [0.15, 0.2) is 194 Å². The number of allylic oxidation sites excluding steroid dienone is 24. The lowest BCUT2D eigenvalue weighted by Crippen LogP contribution is -2.11. The molecule has 0 amide bonds. The van der Waals surface area contributed by atoms with Gasteiger partial charge in [-0.15, -0.1) is 0 Å². The molecule has 4 aromatic rings. The zero-order chi connectivity index (χ0) is 39.3. The number of fused-ring (bicyclic) bond motifs is 6. The molecule has 0 saturated heterocycles. The van der Waals surface area contributed by atoms with Crippen LogP contribution in [0, 0.1) is 5.92 Å². The first-order chi connectivity index (χ1) is 27.5. The Morgan fingerprint density at radius 2 is 1.41 bits per heavy atom. The molecule has 2 N–H and O–H groups in total. The van der Waals surface area contributed by atoms with Gasteiger partial charge in [0.15, 0.2) is 0 Å². The number of hydrogen-bond acceptors (Lipinski definition) is 1. The highest BCUT2D eigenvalue weighted by atomic mass is 15.0. The normalized spacial score (nSPS) is 18.7. The molecule has 6 rings (SSSR count). The van der Waals surface area contributed by atoms with Crippen LogP contribution in [0.25, 0.3) is 56.9 Å². The van der Waals surface area contributed by atoms with Crippen LogP contribution < -0.4 is 5.73 Å². The van der Waals surface area contributed by atoms with Gasteiger partial charge in [-0.1, -0.05) is 152 Å². The summed E-state index contributed by atoms with van der Waals surface area (Å²) >= 11 is 0. The molecule has 0 radical (unpaired) electrons. The fraction of sp³-hybridized carbons (Fsp3) is 0.132. The number of rotatable bonds is 12. The summed E-state index contributed by atoms with van der Waals surface area (Å²) in [6.45, 7) is 15.1. The third-order valence-electron chi connectivity index (χ3n) is 10.1. The Bertz CT molecular complexity index is 2510. The van der Waals surface area contributed by atoms with Crippen molar-refractivity contribution in [2.45, 2.75) is 40.2 Å². The first-order valence-electron chi connectivity index (χ1n) is 19.5. The summed E-state index contributed by atoms with van der Waals surface area (Å²) in [4.78, 5) is 0. The third-order valence-corrected chi connectivity index (χ3v) is 10.1. The lowest BCUT2D eigenvalue weighted by Gasteiger charge is -2.18. The SMILES string of the molecule is C=C/C=C\C=C/C(/C=C\C)Cn1c2c(c3cc(-c4ccc5c(c4)c4c(n5C(/C=C\C(N)=C\C=C/C)=C/C=C)\C=C/C=C\C=C/C=C/C=C/4)ccc31)C=C(C)CC2. The van der Waals surface area contributed by atoms with E-state index in [1.165, 1.54) is 38.9 Å². The van der Waals surface area contributed by atoms with Gasteiger partial charge in [-0.05, 0) is 99.4 Å². The van der Waals surface area contributed by atoms with Crippen molar-refractivity contribution in [1.82, 2.24) is 9.13 Å². The zero-order valence-corrected chi connectivity index (χ0v) is 33.0. The molecule has 2 heterocycles. The highest BCUT2D eigenvalue weighted by Crippen LogP contribution is 2.39. The van der Waals surface area contributed by atoms with Crippen LogP contribution >= 0.6 is 0 Å². The first kappa shape index (κ1) is 39.1. The molecule has 280 valence electrons.